The van der Waals surface area contributed by atoms with E-state index in [1.165, 1.54) is 11.3 Å². The van der Waals surface area contributed by atoms with Gasteiger partial charge in [-0.15, -0.1) is 16.4 Å². The van der Waals surface area contributed by atoms with Gasteiger partial charge >= 0.3 is 0 Å². The highest BCUT2D eigenvalue weighted by atomic mass is 32.1. The number of hydroxylamine groups is 2. The molecule has 2 amide bonds. The van der Waals surface area contributed by atoms with Gasteiger partial charge in [0.25, 0.3) is 11.8 Å². The Labute approximate surface area is 224 Å². The fourth-order valence-electron chi connectivity index (χ4n) is 4.79. The molecule has 6 nitrogen and oxygen atoms in total. The first kappa shape index (κ1) is 23.8. The summed E-state index contributed by atoms with van der Waals surface area (Å²) < 4.78 is 0. The molecule has 6 rings (SSSR count). The van der Waals surface area contributed by atoms with E-state index in [1.807, 2.05) is 60.0 Å². The lowest BCUT2D eigenvalue weighted by molar-refractivity contribution is -0.101. The molecule has 0 saturated heterocycles. The summed E-state index contributed by atoms with van der Waals surface area (Å²) in [6.45, 7) is -0.0152. The van der Waals surface area contributed by atoms with Gasteiger partial charge in [-0.1, -0.05) is 103 Å². The van der Waals surface area contributed by atoms with Crippen LogP contribution in [0.15, 0.2) is 121 Å². The average Bonchev–Trinajstić information content (AvgIpc) is 3.53. The summed E-state index contributed by atoms with van der Waals surface area (Å²) >= 11 is 1.44. The molecule has 4 aromatic carbocycles. The van der Waals surface area contributed by atoms with Crippen LogP contribution in [0.2, 0.25) is 0 Å². The highest BCUT2D eigenvalue weighted by Crippen LogP contribution is 2.40. The topological polar surface area (TPSA) is 71.5 Å². The molecule has 0 aliphatic carbocycles. The van der Waals surface area contributed by atoms with Crippen LogP contribution >= 0.6 is 11.3 Å². The van der Waals surface area contributed by atoms with Crippen LogP contribution in [-0.2, 0) is 17.0 Å². The average molecular weight is 518 g/mol. The van der Waals surface area contributed by atoms with Crippen molar-refractivity contribution in [2.75, 3.05) is 5.32 Å². The third-order valence-corrected chi connectivity index (χ3v) is 7.37. The van der Waals surface area contributed by atoms with Crippen molar-refractivity contribution in [1.82, 2.24) is 10.0 Å². The van der Waals surface area contributed by atoms with Gasteiger partial charge in [-0.25, -0.2) is 4.98 Å². The number of anilines is 1. The molecule has 186 valence electrons. The predicted octanol–water partition coefficient (Wildman–Crippen LogP) is 6.27. The maximum Gasteiger partial charge on any atom is 0.285 e. The van der Waals surface area contributed by atoms with E-state index in [1.54, 1.807) is 24.3 Å². The van der Waals surface area contributed by atoms with Gasteiger partial charge in [-0.05, 0) is 28.8 Å². The maximum absolute atomic E-state index is 12.6. The summed E-state index contributed by atoms with van der Waals surface area (Å²) in [6.07, 6.45) is 0. The number of aromatic nitrogens is 1. The lowest BCUT2D eigenvalue weighted by Crippen LogP contribution is -2.38. The number of carbonyl (C=O) groups excluding carboxylic acids is 2. The molecule has 0 bridgehead atoms. The van der Waals surface area contributed by atoms with Gasteiger partial charge in [-0.2, -0.15) is 0 Å². The number of amides is 2. The number of fused-ring (bicyclic) bond motifs is 1. The van der Waals surface area contributed by atoms with Crippen molar-refractivity contribution in [3.05, 3.63) is 154 Å². The van der Waals surface area contributed by atoms with Crippen molar-refractivity contribution in [2.45, 2.75) is 12.1 Å². The van der Waals surface area contributed by atoms with E-state index in [4.69, 9.17) is 9.82 Å². The number of benzene rings is 4. The van der Waals surface area contributed by atoms with E-state index in [9.17, 15) is 9.59 Å². The smallest absolute Gasteiger partial charge is 0.285 e. The SMILES string of the molecule is O=C1c2ccccc2C(=O)N1OCc1csc(NC(c2ccccc2)(c2ccccc2)c2ccccc2)n1. The van der Waals surface area contributed by atoms with Crippen molar-refractivity contribution in [2.24, 2.45) is 0 Å². The zero-order valence-corrected chi connectivity index (χ0v) is 21.1. The molecular weight excluding hydrogens is 494 g/mol. The summed E-state index contributed by atoms with van der Waals surface area (Å²) in [5.41, 5.74) is 3.79. The van der Waals surface area contributed by atoms with Crippen LogP contribution in [0.4, 0.5) is 5.13 Å². The number of carbonyl (C=O) groups is 2. The molecule has 1 aliphatic heterocycles. The zero-order valence-electron chi connectivity index (χ0n) is 20.3. The quantitative estimate of drug-likeness (QED) is 0.194. The van der Waals surface area contributed by atoms with Crippen molar-refractivity contribution in [3.63, 3.8) is 0 Å². The van der Waals surface area contributed by atoms with Crippen LogP contribution < -0.4 is 5.32 Å². The van der Waals surface area contributed by atoms with Crippen LogP contribution in [0.5, 0.6) is 0 Å². The molecule has 1 N–H and O–H groups in total. The van der Waals surface area contributed by atoms with E-state index in [2.05, 4.69) is 41.7 Å². The molecule has 5 aromatic rings. The molecular formula is C31H23N3O3S. The lowest BCUT2D eigenvalue weighted by atomic mass is 9.77. The van der Waals surface area contributed by atoms with Gasteiger partial charge in [0.2, 0.25) is 0 Å². The number of thiazole rings is 1. The molecule has 7 heteroatoms. The van der Waals surface area contributed by atoms with E-state index < -0.39 is 17.4 Å². The Hall–Kier alpha value is -4.59. The molecule has 2 heterocycles. The third-order valence-electron chi connectivity index (χ3n) is 6.56. The summed E-state index contributed by atoms with van der Waals surface area (Å²) in [6, 6.07) is 37.5. The fourth-order valence-corrected chi connectivity index (χ4v) is 5.54. The first-order valence-electron chi connectivity index (χ1n) is 12.2. The van der Waals surface area contributed by atoms with E-state index in [0.29, 0.717) is 22.0 Å². The molecule has 0 fully saturated rings. The first-order chi connectivity index (χ1) is 18.7. The second kappa shape index (κ2) is 10.0. The van der Waals surface area contributed by atoms with Gasteiger partial charge in [-0.3, -0.25) is 14.4 Å². The minimum absolute atomic E-state index is 0.0152. The predicted molar refractivity (Wildman–Crippen MR) is 147 cm³/mol. The van der Waals surface area contributed by atoms with Gasteiger partial charge < -0.3 is 5.32 Å². The van der Waals surface area contributed by atoms with E-state index >= 15 is 0 Å². The van der Waals surface area contributed by atoms with Crippen molar-refractivity contribution in [3.8, 4) is 0 Å². The van der Waals surface area contributed by atoms with Gasteiger partial charge in [0.15, 0.2) is 5.13 Å². The Morgan fingerprint density at radius 1 is 0.684 bits per heavy atom. The zero-order chi connectivity index (χ0) is 26.0. The summed E-state index contributed by atoms with van der Waals surface area (Å²) in [5, 5.41) is 7.09. The van der Waals surface area contributed by atoms with E-state index in [-0.39, 0.29) is 6.61 Å². The normalized spacial score (nSPS) is 13.0. The van der Waals surface area contributed by atoms with Gasteiger partial charge in [0.1, 0.15) is 12.1 Å². The Bertz CT molecular complexity index is 1460. The Morgan fingerprint density at radius 2 is 1.13 bits per heavy atom. The number of imide groups is 1. The lowest BCUT2D eigenvalue weighted by Gasteiger charge is -2.36. The second-order valence-electron chi connectivity index (χ2n) is 8.84. The minimum atomic E-state index is -0.706. The number of hydrogen-bond donors (Lipinski definition) is 1. The van der Waals surface area contributed by atoms with Gasteiger partial charge in [0.05, 0.1) is 16.8 Å². The summed E-state index contributed by atoms with van der Waals surface area (Å²) in [4.78, 5) is 35.7. The molecule has 0 unspecified atom stereocenters. The summed E-state index contributed by atoms with van der Waals surface area (Å²) in [7, 11) is 0. The van der Waals surface area contributed by atoms with Crippen LogP contribution in [-0.4, -0.2) is 21.9 Å². The molecule has 0 radical (unpaired) electrons. The number of nitrogens with zero attached hydrogens (tertiary/aromatic N) is 2. The highest BCUT2D eigenvalue weighted by Gasteiger charge is 2.38. The largest absolute Gasteiger partial charge is 0.344 e. The van der Waals surface area contributed by atoms with Crippen LogP contribution in [0.25, 0.3) is 0 Å². The minimum Gasteiger partial charge on any atom is -0.344 e. The molecule has 0 saturated carbocycles. The van der Waals surface area contributed by atoms with Crippen molar-refractivity contribution >= 4 is 28.3 Å². The van der Waals surface area contributed by atoms with Crippen LogP contribution in [0, 0.1) is 0 Å². The molecule has 38 heavy (non-hydrogen) atoms. The molecule has 1 aromatic heterocycles. The maximum atomic E-state index is 12.6. The first-order valence-corrected chi connectivity index (χ1v) is 13.0. The molecule has 1 aliphatic rings. The Morgan fingerprint density at radius 3 is 1.61 bits per heavy atom. The second-order valence-corrected chi connectivity index (χ2v) is 9.70. The standard InChI is InChI=1S/C31H23N3O3S/c35-28-26-18-10-11-19-27(26)29(36)34(28)37-20-25-21-38-30(32-25)33-31(22-12-4-1-5-13-22,23-14-6-2-7-15-23)24-16-8-3-9-17-24/h1-19,21H,20H2,(H,32,33). The number of rotatable bonds is 8. The Kier molecular flexibility index (Phi) is 6.29. The highest BCUT2D eigenvalue weighted by molar-refractivity contribution is 7.13. The van der Waals surface area contributed by atoms with Crippen molar-refractivity contribution < 1.29 is 14.4 Å². The fraction of sp³-hybridized carbons (Fsp3) is 0.0645. The molecule has 0 spiro atoms. The number of nitrogens with one attached hydrogen (secondary N) is 1. The monoisotopic (exact) mass is 517 g/mol. The van der Waals surface area contributed by atoms with Crippen molar-refractivity contribution in [1.29, 1.82) is 0 Å². The molecule has 0 atom stereocenters. The third kappa shape index (κ3) is 4.18. The summed E-state index contributed by atoms with van der Waals surface area (Å²) in [5.74, 6) is -0.925. The van der Waals surface area contributed by atoms with Crippen LogP contribution in [0.1, 0.15) is 43.1 Å². The van der Waals surface area contributed by atoms with Crippen LogP contribution in [0.3, 0.4) is 0 Å². The number of hydrogen-bond acceptors (Lipinski definition) is 6. The van der Waals surface area contributed by atoms with E-state index in [0.717, 1.165) is 21.8 Å². The Balaban J connectivity index is 1.31. The van der Waals surface area contributed by atoms with Gasteiger partial charge in [0, 0.05) is 5.38 Å².